The van der Waals surface area contributed by atoms with E-state index < -0.39 is 0 Å². The minimum atomic E-state index is 0.189. The van der Waals surface area contributed by atoms with Gasteiger partial charge in [0.05, 0.1) is 0 Å². The molecule has 1 saturated carbocycles. The van der Waals surface area contributed by atoms with Gasteiger partial charge >= 0.3 is 0 Å². The number of hydrogen-bond donors (Lipinski definition) is 1. The molecular formula is C19H29N. The SMILES string of the molecule is C=C(NC(CC)CCC)C1(c2ccc(C)cc2)CCC1. The quantitative estimate of drug-likeness (QED) is 0.727. The van der Waals surface area contributed by atoms with Gasteiger partial charge in [-0.15, -0.1) is 0 Å². The number of benzene rings is 1. The van der Waals surface area contributed by atoms with Crippen molar-refractivity contribution >= 4 is 0 Å². The molecule has 0 heterocycles. The van der Waals surface area contributed by atoms with Gasteiger partial charge < -0.3 is 5.32 Å². The molecule has 0 aliphatic heterocycles. The molecule has 1 fully saturated rings. The summed E-state index contributed by atoms with van der Waals surface area (Å²) in [5.74, 6) is 0. The smallest absolute Gasteiger partial charge is 0.0344 e. The van der Waals surface area contributed by atoms with Crippen molar-refractivity contribution in [3.8, 4) is 0 Å². The van der Waals surface area contributed by atoms with Crippen LogP contribution in [-0.2, 0) is 5.41 Å². The van der Waals surface area contributed by atoms with Crippen LogP contribution in [0.15, 0.2) is 36.5 Å². The van der Waals surface area contributed by atoms with E-state index in [-0.39, 0.29) is 5.41 Å². The highest BCUT2D eigenvalue weighted by Gasteiger charge is 2.41. The van der Waals surface area contributed by atoms with E-state index >= 15 is 0 Å². The largest absolute Gasteiger partial charge is 0.385 e. The van der Waals surface area contributed by atoms with Crippen molar-refractivity contribution in [1.29, 1.82) is 0 Å². The molecule has 2 rings (SSSR count). The summed E-state index contributed by atoms with van der Waals surface area (Å²) < 4.78 is 0. The lowest BCUT2D eigenvalue weighted by Crippen LogP contribution is -2.44. The topological polar surface area (TPSA) is 12.0 Å². The van der Waals surface area contributed by atoms with Crippen LogP contribution < -0.4 is 5.32 Å². The van der Waals surface area contributed by atoms with E-state index in [2.05, 4.69) is 56.9 Å². The maximum absolute atomic E-state index is 4.41. The monoisotopic (exact) mass is 271 g/mol. The van der Waals surface area contributed by atoms with E-state index in [1.165, 1.54) is 55.3 Å². The van der Waals surface area contributed by atoms with E-state index in [9.17, 15) is 0 Å². The molecule has 0 bridgehead atoms. The average molecular weight is 271 g/mol. The highest BCUT2D eigenvalue weighted by atomic mass is 14.9. The fraction of sp³-hybridized carbons (Fsp3) is 0.579. The van der Waals surface area contributed by atoms with Crippen LogP contribution in [0.4, 0.5) is 0 Å². The molecule has 0 spiro atoms. The number of rotatable bonds is 7. The Morgan fingerprint density at radius 3 is 2.35 bits per heavy atom. The van der Waals surface area contributed by atoms with Gasteiger partial charge in [0.2, 0.25) is 0 Å². The summed E-state index contributed by atoms with van der Waals surface area (Å²) in [6.45, 7) is 11.1. The third-order valence-corrected chi connectivity index (χ3v) is 4.90. The van der Waals surface area contributed by atoms with Crippen LogP contribution in [0.25, 0.3) is 0 Å². The lowest BCUT2D eigenvalue weighted by atomic mass is 9.62. The fourth-order valence-corrected chi connectivity index (χ4v) is 3.28. The normalized spacial score (nSPS) is 18.1. The van der Waals surface area contributed by atoms with Gasteiger partial charge in [-0.1, -0.05) is 63.1 Å². The summed E-state index contributed by atoms with van der Waals surface area (Å²) in [5.41, 5.74) is 4.21. The average Bonchev–Trinajstić information content (AvgIpc) is 2.39. The molecule has 0 saturated heterocycles. The molecule has 1 unspecified atom stereocenters. The lowest BCUT2D eigenvalue weighted by molar-refractivity contribution is 0.270. The molecule has 1 aromatic carbocycles. The number of allylic oxidation sites excluding steroid dienone is 1. The van der Waals surface area contributed by atoms with Crippen LogP contribution in [0.1, 0.15) is 63.5 Å². The summed E-state index contributed by atoms with van der Waals surface area (Å²) in [6, 6.07) is 9.62. The van der Waals surface area contributed by atoms with Crippen molar-refractivity contribution in [2.45, 2.75) is 70.8 Å². The van der Waals surface area contributed by atoms with Crippen molar-refractivity contribution in [3.05, 3.63) is 47.7 Å². The van der Waals surface area contributed by atoms with E-state index in [1.807, 2.05) is 0 Å². The van der Waals surface area contributed by atoms with Crippen LogP contribution in [0, 0.1) is 6.92 Å². The molecule has 1 atom stereocenters. The lowest BCUT2D eigenvalue weighted by Gasteiger charge is -2.45. The highest BCUT2D eigenvalue weighted by molar-refractivity contribution is 5.38. The Labute approximate surface area is 124 Å². The molecule has 0 aromatic heterocycles. The Kier molecular flexibility index (Phi) is 4.91. The number of aryl methyl sites for hydroxylation is 1. The first kappa shape index (κ1) is 15.2. The van der Waals surface area contributed by atoms with Gasteiger partial charge in [-0.2, -0.15) is 0 Å². The third-order valence-electron chi connectivity index (χ3n) is 4.90. The zero-order chi connectivity index (χ0) is 14.6. The van der Waals surface area contributed by atoms with Gasteiger partial charge in [0.15, 0.2) is 0 Å². The summed E-state index contributed by atoms with van der Waals surface area (Å²) >= 11 is 0. The van der Waals surface area contributed by atoms with E-state index in [0.717, 1.165) is 0 Å². The maximum Gasteiger partial charge on any atom is 0.0344 e. The Hall–Kier alpha value is -1.24. The van der Waals surface area contributed by atoms with Crippen molar-refractivity contribution in [1.82, 2.24) is 5.32 Å². The second-order valence-electron chi connectivity index (χ2n) is 6.32. The van der Waals surface area contributed by atoms with Gasteiger partial charge in [0.25, 0.3) is 0 Å². The van der Waals surface area contributed by atoms with Crippen molar-refractivity contribution in [2.24, 2.45) is 0 Å². The van der Waals surface area contributed by atoms with Crippen LogP contribution >= 0.6 is 0 Å². The fourth-order valence-electron chi connectivity index (χ4n) is 3.28. The first-order valence-electron chi connectivity index (χ1n) is 8.15. The highest BCUT2D eigenvalue weighted by Crippen LogP contribution is 2.48. The van der Waals surface area contributed by atoms with E-state index in [0.29, 0.717) is 6.04 Å². The van der Waals surface area contributed by atoms with Gasteiger partial charge in [-0.25, -0.2) is 0 Å². The molecule has 1 aliphatic carbocycles. The molecule has 1 heteroatoms. The molecule has 0 radical (unpaired) electrons. The third kappa shape index (κ3) is 2.92. The molecule has 1 aliphatic rings. The number of nitrogens with one attached hydrogen (secondary N) is 1. The van der Waals surface area contributed by atoms with Crippen LogP contribution in [0.2, 0.25) is 0 Å². The van der Waals surface area contributed by atoms with Gasteiger partial charge in [-0.05, 0) is 38.2 Å². The second-order valence-corrected chi connectivity index (χ2v) is 6.32. The minimum Gasteiger partial charge on any atom is -0.385 e. The van der Waals surface area contributed by atoms with Crippen molar-refractivity contribution < 1.29 is 0 Å². The zero-order valence-corrected chi connectivity index (χ0v) is 13.3. The van der Waals surface area contributed by atoms with Crippen molar-refractivity contribution in [3.63, 3.8) is 0 Å². The second kappa shape index (κ2) is 6.47. The Bertz CT molecular complexity index is 439. The Morgan fingerprint density at radius 2 is 1.90 bits per heavy atom. The molecule has 110 valence electrons. The molecule has 20 heavy (non-hydrogen) atoms. The predicted molar refractivity (Wildman–Crippen MR) is 88.0 cm³/mol. The molecule has 0 amide bonds. The van der Waals surface area contributed by atoms with Gasteiger partial charge in [0.1, 0.15) is 0 Å². The van der Waals surface area contributed by atoms with Gasteiger partial charge in [-0.3, -0.25) is 0 Å². The molecule has 1 aromatic rings. The first-order valence-corrected chi connectivity index (χ1v) is 8.15. The first-order chi connectivity index (χ1) is 9.62. The van der Waals surface area contributed by atoms with Crippen molar-refractivity contribution in [2.75, 3.05) is 0 Å². The minimum absolute atomic E-state index is 0.189. The zero-order valence-electron chi connectivity index (χ0n) is 13.3. The summed E-state index contributed by atoms with van der Waals surface area (Å²) in [4.78, 5) is 0. The van der Waals surface area contributed by atoms with Crippen LogP contribution in [0.5, 0.6) is 0 Å². The number of hydrogen-bond acceptors (Lipinski definition) is 1. The Morgan fingerprint density at radius 1 is 1.25 bits per heavy atom. The standard InChI is InChI=1S/C19H29N/c1-5-8-18(6-2)20-16(4)19(13-7-14-19)17-11-9-15(3)10-12-17/h9-12,18,20H,4-8,13-14H2,1-3H3. The molecule has 1 nitrogen and oxygen atoms in total. The summed E-state index contributed by atoms with van der Waals surface area (Å²) in [7, 11) is 0. The summed E-state index contributed by atoms with van der Waals surface area (Å²) in [6.07, 6.45) is 7.45. The molecule has 1 N–H and O–H groups in total. The maximum atomic E-state index is 4.41. The van der Waals surface area contributed by atoms with Gasteiger partial charge in [0, 0.05) is 17.2 Å². The van der Waals surface area contributed by atoms with Crippen LogP contribution in [-0.4, -0.2) is 6.04 Å². The molecular weight excluding hydrogens is 242 g/mol. The predicted octanol–water partition coefficient (Wildman–Crippen LogP) is 5.10. The Balaban J connectivity index is 2.14. The van der Waals surface area contributed by atoms with Crippen LogP contribution in [0.3, 0.4) is 0 Å². The van der Waals surface area contributed by atoms with E-state index in [1.54, 1.807) is 0 Å². The summed E-state index contributed by atoms with van der Waals surface area (Å²) in [5, 5.41) is 3.73. The van der Waals surface area contributed by atoms with E-state index in [4.69, 9.17) is 0 Å².